The predicted octanol–water partition coefficient (Wildman–Crippen LogP) is 2.01. The summed E-state index contributed by atoms with van der Waals surface area (Å²) in [5.74, 6) is 1.50. The Morgan fingerprint density at radius 1 is 1.32 bits per heavy atom. The zero-order valence-electron chi connectivity index (χ0n) is 11.3. The summed E-state index contributed by atoms with van der Waals surface area (Å²) < 4.78 is 23.8. The molecule has 0 saturated heterocycles. The van der Waals surface area contributed by atoms with Crippen LogP contribution in [-0.2, 0) is 10.8 Å². The molecule has 2 aliphatic rings. The molecule has 0 amide bonds. The number of hydrogen-bond acceptors (Lipinski definition) is 4. The van der Waals surface area contributed by atoms with Gasteiger partial charge in [0.25, 0.3) is 0 Å². The topological polar surface area (TPSA) is 47.6 Å². The second-order valence-electron chi connectivity index (χ2n) is 4.92. The minimum absolute atomic E-state index is 0.145. The number of fused-ring (bicyclic) bond motifs is 2. The lowest BCUT2D eigenvalue weighted by molar-refractivity contribution is 0.170. The summed E-state index contributed by atoms with van der Waals surface area (Å²) in [6.07, 6.45) is 1.99. The maximum absolute atomic E-state index is 12.6. The molecule has 0 saturated carbocycles. The number of rotatable bonds is 3. The summed E-state index contributed by atoms with van der Waals surface area (Å²) in [5.41, 5.74) is 1.10. The summed E-state index contributed by atoms with van der Waals surface area (Å²) >= 11 is 0. The van der Waals surface area contributed by atoms with Crippen molar-refractivity contribution >= 4 is 10.8 Å². The Balaban J connectivity index is 2.05. The molecule has 3 atom stereocenters. The van der Waals surface area contributed by atoms with E-state index in [2.05, 4.69) is 12.2 Å². The molecule has 0 aliphatic carbocycles. The van der Waals surface area contributed by atoms with E-state index in [4.69, 9.17) is 9.47 Å². The Bertz CT molecular complexity index is 518. The molecule has 0 bridgehead atoms. The largest absolute Gasteiger partial charge is 0.486 e. The summed E-state index contributed by atoms with van der Waals surface area (Å²) in [5, 5.41) is 3.45. The smallest absolute Gasteiger partial charge is 0.162 e. The second kappa shape index (κ2) is 5.13. The Hall–Kier alpha value is -1.07. The van der Waals surface area contributed by atoms with Crippen molar-refractivity contribution < 1.29 is 13.7 Å². The average Bonchev–Trinajstić information content (AvgIpc) is 2.69. The zero-order valence-corrected chi connectivity index (χ0v) is 12.1. The molecular formula is C14H19NO3S. The fourth-order valence-corrected chi connectivity index (χ4v) is 4.84. The van der Waals surface area contributed by atoms with Gasteiger partial charge >= 0.3 is 0 Å². The molecular weight excluding hydrogens is 262 g/mol. The van der Waals surface area contributed by atoms with E-state index in [1.165, 1.54) is 0 Å². The molecule has 0 radical (unpaired) electrons. The molecule has 1 aromatic rings. The van der Waals surface area contributed by atoms with E-state index < -0.39 is 10.8 Å². The molecule has 19 heavy (non-hydrogen) atoms. The second-order valence-corrected chi connectivity index (χ2v) is 6.56. The molecule has 5 heteroatoms. The van der Waals surface area contributed by atoms with Gasteiger partial charge in [0.15, 0.2) is 11.5 Å². The van der Waals surface area contributed by atoms with Gasteiger partial charge in [0.05, 0.1) is 16.0 Å². The van der Waals surface area contributed by atoms with E-state index in [9.17, 15) is 4.21 Å². The maximum atomic E-state index is 12.6. The highest BCUT2D eigenvalue weighted by atomic mass is 32.2. The van der Waals surface area contributed by atoms with Crippen LogP contribution in [-0.4, -0.2) is 29.7 Å². The van der Waals surface area contributed by atoms with Gasteiger partial charge in [-0.2, -0.15) is 0 Å². The summed E-state index contributed by atoms with van der Waals surface area (Å²) in [4.78, 5) is 0.905. The molecule has 0 aromatic heterocycles. The van der Waals surface area contributed by atoms with Gasteiger partial charge in [-0.1, -0.05) is 13.3 Å². The van der Waals surface area contributed by atoms with Crippen LogP contribution >= 0.6 is 0 Å². The third-order valence-corrected chi connectivity index (χ3v) is 5.60. The van der Waals surface area contributed by atoms with Crippen molar-refractivity contribution in [3.05, 3.63) is 17.7 Å². The van der Waals surface area contributed by atoms with Crippen LogP contribution in [0.5, 0.6) is 11.5 Å². The Kier molecular flexibility index (Phi) is 3.50. The van der Waals surface area contributed by atoms with Gasteiger partial charge in [-0.3, -0.25) is 4.21 Å². The predicted molar refractivity (Wildman–Crippen MR) is 74.3 cm³/mol. The molecule has 3 rings (SSSR count). The van der Waals surface area contributed by atoms with Crippen LogP contribution in [0, 0.1) is 0 Å². The van der Waals surface area contributed by atoms with Crippen LogP contribution in [0.1, 0.15) is 31.4 Å². The van der Waals surface area contributed by atoms with E-state index in [1.807, 2.05) is 19.2 Å². The monoisotopic (exact) mass is 281 g/mol. The molecule has 1 aromatic carbocycles. The first-order valence-corrected chi connectivity index (χ1v) is 7.99. The summed E-state index contributed by atoms with van der Waals surface area (Å²) in [6, 6.07) is 4.05. The quantitative estimate of drug-likeness (QED) is 0.920. The van der Waals surface area contributed by atoms with Crippen LogP contribution in [0.4, 0.5) is 0 Å². The van der Waals surface area contributed by atoms with Gasteiger partial charge in [-0.15, -0.1) is 0 Å². The Labute approximate surface area is 115 Å². The van der Waals surface area contributed by atoms with Crippen molar-refractivity contribution in [3.8, 4) is 11.5 Å². The first-order chi connectivity index (χ1) is 9.26. The van der Waals surface area contributed by atoms with Gasteiger partial charge < -0.3 is 14.8 Å². The first-order valence-electron chi connectivity index (χ1n) is 6.77. The van der Waals surface area contributed by atoms with Gasteiger partial charge in [-0.05, 0) is 25.1 Å². The summed E-state index contributed by atoms with van der Waals surface area (Å²) in [6.45, 7) is 3.27. The molecule has 104 valence electrons. The third-order valence-electron chi connectivity index (χ3n) is 3.76. The Morgan fingerprint density at radius 3 is 2.63 bits per heavy atom. The average molecular weight is 281 g/mol. The van der Waals surface area contributed by atoms with Crippen molar-refractivity contribution in [2.45, 2.75) is 36.0 Å². The van der Waals surface area contributed by atoms with Gasteiger partial charge in [0.1, 0.15) is 13.2 Å². The van der Waals surface area contributed by atoms with Crippen LogP contribution in [0.2, 0.25) is 0 Å². The lowest BCUT2D eigenvalue weighted by atomic mass is 10.0. The van der Waals surface area contributed by atoms with Crippen molar-refractivity contribution in [3.63, 3.8) is 0 Å². The number of benzene rings is 1. The number of nitrogens with one attached hydrogen (secondary N) is 1. The van der Waals surface area contributed by atoms with Crippen LogP contribution in [0.3, 0.4) is 0 Å². The highest BCUT2D eigenvalue weighted by Crippen LogP contribution is 2.44. The molecule has 1 N–H and O–H groups in total. The minimum Gasteiger partial charge on any atom is -0.486 e. The standard InChI is InChI=1S/C14H19NO3S/c1-3-4-12-14(15-2)9-7-10-11(18-6-5-17-10)8-13(9)19(12)16/h7-8,12,14-15H,3-6H2,1-2H3. The molecule has 4 nitrogen and oxygen atoms in total. The first kappa shape index (κ1) is 12.9. The van der Waals surface area contributed by atoms with E-state index >= 15 is 0 Å². The van der Waals surface area contributed by atoms with Crippen molar-refractivity contribution in [2.24, 2.45) is 0 Å². The number of hydrogen-bond donors (Lipinski definition) is 1. The zero-order chi connectivity index (χ0) is 13.4. The minimum atomic E-state index is -0.962. The highest BCUT2D eigenvalue weighted by molar-refractivity contribution is 7.86. The van der Waals surface area contributed by atoms with Crippen LogP contribution in [0.15, 0.2) is 17.0 Å². The van der Waals surface area contributed by atoms with Gasteiger partial charge in [0.2, 0.25) is 0 Å². The summed E-state index contributed by atoms with van der Waals surface area (Å²) in [7, 11) is 0.966. The van der Waals surface area contributed by atoms with Crippen LogP contribution < -0.4 is 14.8 Å². The van der Waals surface area contributed by atoms with Gasteiger partial charge in [-0.25, -0.2) is 0 Å². The fourth-order valence-electron chi connectivity index (χ4n) is 2.89. The van der Waals surface area contributed by atoms with E-state index in [-0.39, 0.29) is 11.3 Å². The van der Waals surface area contributed by atoms with E-state index in [0.717, 1.165) is 34.8 Å². The van der Waals surface area contributed by atoms with Crippen LogP contribution in [0.25, 0.3) is 0 Å². The van der Waals surface area contributed by atoms with E-state index in [0.29, 0.717) is 13.2 Å². The SMILES string of the molecule is CCCC1C(NC)c2cc3c(cc2S1=O)OCCO3. The highest BCUT2D eigenvalue weighted by Gasteiger charge is 2.38. The lowest BCUT2D eigenvalue weighted by Gasteiger charge is -2.21. The van der Waals surface area contributed by atoms with Gasteiger partial charge in [0, 0.05) is 17.0 Å². The van der Waals surface area contributed by atoms with E-state index in [1.54, 1.807) is 0 Å². The number of ether oxygens (including phenoxy) is 2. The van der Waals surface area contributed by atoms with Crippen molar-refractivity contribution in [1.29, 1.82) is 0 Å². The fraction of sp³-hybridized carbons (Fsp3) is 0.571. The normalized spacial score (nSPS) is 28.2. The molecule has 2 aliphatic heterocycles. The third kappa shape index (κ3) is 2.05. The van der Waals surface area contributed by atoms with Crippen molar-refractivity contribution in [2.75, 3.05) is 20.3 Å². The molecule has 2 heterocycles. The Morgan fingerprint density at radius 2 is 2.00 bits per heavy atom. The maximum Gasteiger partial charge on any atom is 0.162 e. The molecule has 3 unspecified atom stereocenters. The molecule has 0 fully saturated rings. The molecule has 0 spiro atoms. The lowest BCUT2D eigenvalue weighted by Crippen LogP contribution is -2.27. The van der Waals surface area contributed by atoms with Crippen molar-refractivity contribution in [1.82, 2.24) is 5.32 Å².